The first kappa shape index (κ1) is 11.5. The molecule has 0 N–H and O–H groups in total. The third-order valence-corrected chi connectivity index (χ3v) is 1.84. The molecule has 3 heteroatoms. The summed E-state index contributed by atoms with van der Waals surface area (Å²) in [6, 6.07) is 5.46. The van der Waals surface area contributed by atoms with Crippen LogP contribution in [0.4, 0.5) is 0 Å². The van der Waals surface area contributed by atoms with E-state index in [0.717, 1.165) is 5.56 Å². The van der Waals surface area contributed by atoms with Gasteiger partial charge >= 0.3 is 0 Å². The molecule has 0 aliphatic carbocycles. The van der Waals surface area contributed by atoms with Gasteiger partial charge in [-0.2, -0.15) is 0 Å². The van der Waals surface area contributed by atoms with E-state index in [0.29, 0.717) is 11.5 Å². The van der Waals surface area contributed by atoms with Crippen molar-refractivity contribution in [3.05, 3.63) is 35.4 Å². The van der Waals surface area contributed by atoms with Gasteiger partial charge in [0.1, 0.15) is 11.5 Å². The van der Waals surface area contributed by atoms with E-state index in [9.17, 15) is 0 Å². The fraction of sp³-hybridized carbons (Fsp3) is 0.167. The molecule has 0 amide bonds. The highest BCUT2D eigenvalue weighted by atomic mass is 35.5. The van der Waals surface area contributed by atoms with Crippen LogP contribution in [0.5, 0.6) is 11.5 Å². The summed E-state index contributed by atoms with van der Waals surface area (Å²) in [5, 5.41) is 0. The van der Waals surface area contributed by atoms with Crippen molar-refractivity contribution in [2.45, 2.75) is 0 Å². The Morgan fingerprint density at radius 2 is 1.73 bits per heavy atom. The summed E-state index contributed by atoms with van der Waals surface area (Å²) in [7, 11) is 3.20. The Balaban J connectivity index is 3.03. The Bertz CT molecular complexity index is 391. The molecule has 0 unspecified atom stereocenters. The van der Waals surface area contributed by atoms with Gasteiger partial charge < -0.3 is 9.47 Å². The summed E-state index contributed by atoms with van der Waals surface area (Å²) in [6.45, 7) is 0. The molecule has 1 rings (SSSR count). The van der Waals surface area contributed by atoms with Gasteiger partial charge in [-0.05, 0) is 18.2 Å². The van der Waals surface area contributed by atoms with Crippen molar-refractivity contribution < 1.29 is 9.47 Å². The zero-order valence-electron chi connectivity index (χ0n) is 8.58. The summed E-state index contributed by atoms with van der Waals surface area (Å²) in [5.41, 5.74) is 2.19. The molecule has 0 saturated carbocycles. The second-order valence-electron chi connectivity index (χ2n) is 2.66. The maximum absolute atomic E-state index is 5.35. The van der Waals surface area contributed by atoms with Crippen LogP contribution in [0.1, 0.15) is 5.56 Å². The Morgan fingerprint density at radius 3 is 2.20 bits per heavy atom. The fourth-order valence-electron chi connectivity index (χ4n) is 1.04. The number of benzene rings is 1. The van der Waals surface area contributed by atoms with Crippen molar-refractivity contribution in [3.8, 4) is 23.3 Å². The first-order valence-corrected chi connectivity index (χ1v) is 4.73. The maximum atomic E-state index is 5.35. The molecule has 0 heterocycles. The van der Waals surface area contributed by atoms with E-state index < -0.39 is 0 Å². The third kappa shape index (κ3) is 3.57. The number of ether oxygens (including phenoxy) is 2. The summed E-state index contributed by atoms with van der Waals surface area (Å²) >= 11 is 5.35. The molecule has 0 spiro atoms. The van der Waals surface area contributed by atoms with Crippen LogP contribution in [0.15, 0.2) is 29.8 Å². The molecule has 0 aliphatic heterocycles. The smallest absolute Gasteiger partial charge is 0.123 e. The van der Waals surface area contributed by atoms with Crippen LogP contribution >= 0.6 is 11.6 Å². The predicted molar refractivity (Wildman–Crippen MR) is 61.4 cm³/mol. The molecule has 1 aromatic rings. The molecule has 0 bridgehead atoms. The molecule has 0 aliphatic rings. The highest BCUT2D eigenvalue weighted by Gasteiger charge is 1.98. The molecular formula is C12H11ClO2. The Morgan fingerprint density at radius 1 is 1.13 bits per heavy atom. The van der Waals surface area contributed by atoms with Gasteiger partial charge in [-0.15, -0.1) is 0 Å². The van der Waals surface area contributed by atoms with Gasteiger partial charge in [0.05, 0.1) is 14.2 Å². The largest absolute Gasteiger partial charge is 0.497 e. The highest BCUT2D eigenvalue weighted by Crippen LogP contribution is 2.21. The van der Waals surface area contributed by atoms with Crippen LogP contribution < -0.4 is 9.47 Å². The molecule has 78 valence electrons. The van der Waals surface area contributed by atoms with E-state index in [1.807, 2.05) is 12.1 Å². The Hall–Kier alpha value is -1.59. The van der Waals surface area contributed by atoms with Crippen molar-refractivity contribution in [1.82, 2.24) is 0 Å². The van der Waals surface area contributed by atoms with Crippen molar-refractivity contribution >= 4 is 11.6 Å². The topological polar surface area (TPSA) is 18.5 Å². The number of hydrogen-bond acceptors (Lipinski definition) is 2. The molecular weight excluding hydrogens is 212 g/mol. The average Bonchev–Trinajstić information content (AvgIpc) is 2.29. The van der Waals surface area contributed by atoms with Gasteiger partial charge in [-0.1, -0.05) is 23.4 Å². The molecule has 0 radical (unpaired) electrons. The zero-order chi connectivity index (χ0) is 11.1. The van der Waals surface area contributed by atoms with E-state index in [4.69, 9.17) is 21.1 Å². The van der Waals surface area contributed by atoms with E-state index in [1.54, 1.807) is 26.4 Å². The normalized spacial score (nSPS) is 9.53. The van der Waals surface area contributed by atoms with Crippen LogP contribution in [-0.2, 0) is 0 Å². The van der Waals surface area contributed by atoms with Crippen LogP contribution in [0.3, 0.4) is 0 Å². The van der Waals surface area contributed by atoms with Crippen LogP contribution in [-0.4, -0.2) is 14.2 Å². The monoisotopic (exact) mass is 222 g/mol. The van der Waals surface area contributed by atoms with Crippen molar-refractivity contribution in [2.24, 2.45) is 0 Å². The molecule has 0 saturated heterocycles. The number of rotatable bonds is 2. The van der Waals surface area contributed by atoms with Gasteiger partial charge in [-0.25, -0.2) is 0 Å². The Labute approximate surface area is 94.5 Å². The quantitative estimate of drug-likeness (QED) is 0.717. The van der Waals surface area contributed by atoms with Crippen molar-refractivity contribution in [3.63, 3.8) is 0 Å². The summed E-state index contributed by atoms with van der Waals surface area (Å²) < 4.78 is 10.2. The van der Waals surface area contributed by atoms with Crippen LogP contribution in [0.25, 0.3) is 0 Å². The highest BCUT2D eigenvalue weighted by molar-refractivity contribution is 6.25. The minimum absolute atomic E-state index is 0.716. The molecule has 15 heavy (non-hydrogen) atoms. The van der Waals surface area contributed by atoms with Gasteiger partial charge in [0.15, 0.2) is 0 Å². The summed E-state index contributed by atoms with van der Waals surface area (Å²) in [5.74, 6) is 7.13. The van der Waals surface area contributed by atoms with E-state index in [-0.39, 0.29) is 0 Å². The van der Waals surface area contributed by atoms with Crippen molar-refractivity contribution in [1.29, 1.82) is 0 Å². The Kier molecular flexibility index (Phi) is 4.59. The number of hydrogen-bond donors (Lipinski definition) is 0. The van der Waals surface area contributed by atoms with Crippen LogP contribution in [0.2, 0.25) is 0 Å². The van der Waals surface area contributed by atoms with Gasteiger partial charge in [0.2, 0.25) is 0 Å². The van der Waals surface area contributed by atoms with Gasteiger partial charge in [-0.3, -0.25) is 0 Å². The SMILES string of the molecule is COc1cc(C#C/C=C/Cl)cc(OC)c1. The first-order chi connectivity index (χ1) is 7.30. The van der Waals surface area contributed by atoms with Gasteiger partial charge in [0, 0.05) is 17.2 Å². The van der Waals surface area contributed by atoms with E-state index in [1.165, 1.54) is 5.54 Å². The minimum Gasteiger partial charge on any atom is -0.497 e. The maximum Gasteiger partial charge on any atom is 0.123 e. The number of allylic oxidation sites excluding steroid dienone is 1. The third-order valence-electron chi connectivity index (χ3n) is 1.71. The lowest BCUT2D eigenvalue weighted by atomic mass is 10.2. The lowest BCUT2D eigenvalue weighted by Gasteiger charge is -2.04. The van der Waals surface area contributed by atoms with Crippen LogP contribution in [0, 0.1) is 11.8 Å². The second kappa shape index (κ2) is 6.00. The zero-order valence-corrected chi connectivity index (χ0v) is 9.34. The molecule has 2 nitrogen and oxygen atoms in total. The van der Waals surface area contributed by atoms with Crippen molar-refractivity contribution in [2.75, 3.05) is 14.2 Å². The molecule has 0 fully saturated rings. The van der Waals surface area contributed by atoms with Gasteiger partial charge in [0.25, 0.3) is 0 Å². The number of halogens is 1. The number of methoxy groups -OCH3 is 2. The fourth-order valence-corrected chi connectivity index (χ4v) is 1.10. The lowest BCUT2D eigenvalue weighted by molar-refractivity contribution is 0.394. The summed E-state index contributed by atoms with van der Waals surface area (Å²) in [4.78, 5) is 0. The summed E-state index contributed by atoms with van der Waals surface area (Å²) in [6.07, 6.45) is 1.56. The van der Waals surface area contributed by atoms with E-state index >= 15 is 0 Å². The molecule has 0 aromatic heterocycles. The molecule has 1 aromatic carbocycles. The average molecular weight is 223 g/mol. The first-order valence-electron chi connectivity index (χ1n) is 4.30. The van der Waals surface area contributed by atoms with E-state index in [2.05, 4.69) is 11.8 Å². The predicted octanol–water partition coefficient (Wildman–Crippen LogP) is 2.81. The standard InChI is InChI=1S/C12H11ClO2/c1-14-11-7-10(5-3-4-6-13)8-12(9-11)15-2/h4,6-9H,1-2H3/b6-4+. The second-order valence-corrected chi connectivity index (χ2v) is 2.92. The lowest BCUT2D eigenvalue weighted by Crippen LogP contribution is -1.88. The minimum atomic E-state index is 0.716. The molecule has 0 atom stereocenters.